The Morgan fingerprint density at radius 2 is 1.88 bits per heavy atom. The molecule has 1 N–H and O–H groups in total. The van der Waals surface area contributed by atoms with Crippen molar-refractivity contribution in [2.24, 2.45) is 0 Å². The third-order valence-corrected chi connectivity index (χ3v) is 5.52. The van der Waals surface area contributed by atoms with Crippen LogP contribution in [-0.4, -0.2) is 41.5 Å². The van der Waals surface area contributed by atoms with E-state index in [2.05, 4.69) is 10.1 Å². The van der Waals surface area contributed by atoms with E-state index < -0.39 is 35.3 Å². The maximum atomic E-state index is 12.2. The van der Waals surface area contributed by atoms with E-state index in [9.17, 15) is 18.6 Å². The third kappa shape index (κ3) is 4.77. The van der Waals surface area contributed by atoms with Crippen molar-refractivity contribution in [2.75, 3.05) is 24.8 Å². The van der Waals surface area contributed by atoms with E-state index >= 15 is 0 Å². The summed E-state index contributed by atoms with van der Waals surface area (Å²) in [6.07, 6.45) is 0. The Balaban J connectivity index is 2.00. The molecule has 2 aromatic rings. The van der Waals surface area contributed by atoms with Gasteiger partial charge in [-0.25, -0.2) is 9.59 Å². The molecule has 0 aliphatic heterocycles. The molecule has 138 valence electrons. The lowest BCUT2D eigenvalue weighted by Crippen LogP contribution is -2.22. The lowest BCUT2D eigenvalue weighted by molar-refractivity contribution is -0.119. The van der Waals surface area contributed by atoms with E-state index in [0.717, 1.165) is 11.3 Å². The second kappa shape index (κ2) is 9.25. The third-order valence-electron chi connectivity index (χ3n) is 3.26. The Hall–Kier alpha value is -2.52. The molecule has 0 spiro atoms. The van der Waals surface area contributed by atoms with Crippen molar-refractivity contribution >= 4 is 45.7 Å². The number of carbonyl (C=O) groups excluding carboxylic acids is 3. The molecule has 0 radical (unpaired) electrons. The van der Waals surface area contributed by atoms with Crippen molar-refractivity contribution in [2.45, 2.75) is 11.8 Å². The van der Waals surface area contributed by atoms with Crippen LogP contribution in [-0.2, 0) is 25.1 Å². The monoisotopic (exact) mass is 395 g/mol. The molecule has 0 saturated carbocycles. The van der Waals surface area contributed by atoms with E-state index in [4.69, 9.17) is 4.74 Å². The average Bonchev–Trinajstić information content (AvgIpc) is 3.12. The van der Waals surface area contributed by atoms with Gasteiger partial charge in [-0.05, 0) is 23.6 Å². The SMILES string of the molecule is CCS(=O)c1ccccc1C(=O)OCC(=O)Nc1ccsc1C(=O)OC. The van der Waals surface area contributed by atoms with Gasteiger partial charge in [-0.1, -0.05) is 19.1 Å². The number of rotatable bonds is 7. The Morgan fingerprint density at radius 1 is 1.15 bits per heavy atom. The smallest absolute Gasteiger partial charge is 0.350 e. The number of esters is 2. The highest BCUT2D eigenvalue weighted by Gasteiger charge is 2.19. The zero-order valence-electron chi connectivity index (χ0n) is 14.1. The maximum absolute atomic E-state index is 12.2. The quantitative estimate of drug-likeness (QED) is 0.723. The first kappa shape index (κ1) is 19.8. The van der Waals surface area contributed by atoms with Crippen LogP contribution >= 0.6 is 11.3 Å². The number of thiophene rings is 1. The molecule has 1 aromatic carbocycles. The Kier molecular flexibility index (Phi) is 7.05. The van der Waals surface area contributed by atoms with Crippen LogP contribution in [0.15, 0.2) is 40.6 Å². The van der Waals surface area contributed by atoms with Crippen LogP contribution < -0.4 is 5.32 Å². The number of hydrogen-bond donors (Lipinski definition) is 1. The van der Waals surface area contributed by atoms with E-state index in [1.54, 1.807) is 36.6 Å². The number of ether oxygens (including phenoxy) is 2. The van der Waals surface area contributed by atoms with Gasteiger partial charge >= 0.3 is 11.9 Å². The summed E-state index contributed by atoms with van der Waals surface area (Å²) in [5, 5.41) is 4.12. The van der Waals surface area contributed by atoms with Crippen LogP contribution in [0.25, 0.3) is 0 Å². The zero-order chi connectivity index (χ0) is 19.1. The number of anilines is 1. The first-order chi connectivity index (χ1) is 12.5. The Labute approximate surface area is 156 Å². The van der Waals surface area contributed by atoms with Gasteiger partial charge in [0.15, 0.2) is 6.61 Å². The minimum Gasteiger partial charge on any atom is -0.465 e. The fourth-order valence-corrected chi connectivity index (χ4v) is 3.75. The van der Waals surface area contributed by atoms with Crippen LogP contribution in [0.1, 0.15) is 27.0 Å². The molecule has 2 rings (SSSR count). The number of amides is 1. The van der Waals surface area contributed by atoms with Crippen molar-refractivity contribution in [1.29, 1.82) is 0 Å². The first-order valence-corrected chi connectivity index (χ1v) is 9.78. The van der Waals surface area contributed by atoms with Gasteiger partial charge in [0.2, 0.25) is 0 Å². The molecule has 1 atom stereocenters. The predicted octanol–water partition coefficient (Wildman–Crippen LogP) is 2.46. The van der Waals surface area contributed by atoms with Crippen molar-refractivity contribution in [3.05, 3.63) is 46.2 Å². The highest BCUT2D eigenvalue weighted by molar-refractivity contribution is 7.85. The second-order valence-electron chi connectivity index (χ2n) is 4.91. The summed E-state index contributed by atoms with van der Waals surface area (Å²) in [5.41, 5.74) is 0.446. The van der Waals surface area contributed by atoms with Gasteiger partial charge in [0.05, 0.1) is 34.1 Å². The van der Waals surface area contributed by atoms with Gasteiger partial charge in [0.1, 0.15) is 4.88 Å². The molecule has 0 fully saturated rings. The molecule has 0 aliphatic carbocycles. The molecular formula is C17H17NO6S2. The van der Waals surface area contributed by atoms with Crippen molar-refractivity contribution in [3.8, 4) is 0 Å². The van der Waals surface area contributed by atoms with Crippen LogP contribution in [0.2, 0.25) is 0 Å². The lowest BCUT2D eigenvalue weighted by atomic mass is 10.2. The van der Waals surface area contributed by atoms with Crippen molar-refractivity contribution in [1.82, 2.24) is 0 Å². The molecule has 26 heavy (non-hydrogen) atoms. The van der Waals surface area contributed by atoms with E-state index in [-0.39, 0.29) is 16.1 Å². The molecule has 1 amide bonds. The molecule has 9 heteroatoms. The largest absolute Gasteiger partial charge is 0.465 e. The summed E-state index contributed by atoms with van der Waals surface area (Å²) in [6, 6.07) is 7.94. The summed E-state index contributed by atoms with van der Waals surface area (Å²) >= 11 is 1.12. The van der Waals surface area contributed by atoms with Crippen LogP contribution in [0.5, 0.6) is 0 Å². The fraction of sp³-hybridized carbons (Fsp3) is 0.235. The number of methoxy groups -OCH3 is 1. The van der Waals surface area contributed by atoms with Crippen molar-refractivity contribution < 1.29 is 28.1 Å². The van der Waals surface area contributed by atoms with E-state index in [0.29, 0.717) is 10.6 Å². The topological polar surface area (TPSA) is 98.8 Å². The lowest BCUT2D eigenvalue weighted by Gasteiger charge is -2.09. The van der Waals surface area contributed by atoms with Gasteiger partial charge in [-0.3, -0.25) is 9.00 Å². The highest BCUT2D eigenvalue weighted by Crippen LogP contribution is 2.23. The van der Waals surface area contributed by atoms with Gasteiger partial charge < -0.3 is 14.8 Å². The fourth-order valence-electron chi connectivity index (χ4n) is 2.04. The van der Waals surface area contributed by atoms with Crippen LogP contribution in [0.4, 0.5) is 5.69 Å². The zero-order valence-corrected chi connectivity index (χ0v) is 15.8. The second-order valence-corrected chi connectivity index (χ2v) is 7.53. The molecule has 7 nitrogen and oxygen atoms in total. The molecule has 0 saturated heterocycles. The van der Waals surface area contributed by atoms with Gasteiger partial charge in [0.25, 0.3) is 5.91 Å². The van der Waals surface area contributed by atoms with Gasteiger partial charge in [0, 0.05) is 5.75 Å². The van der Waals surface area contributed by atoms with Gasteiger partial charge in [-0.15, -0.1) is 11.3 Å². The number of carbonyl (C=O) groups is 3. The standard InChI is InChI=1S/C17H17NO6S2/c1-3-26(22)13-7-5-4-6-11(13)16(20)24-10-14(19)18-12-8-9-25-15(12)17(21)23-2/h4-9H,3,10H2,1-2H3,(H,18,19). The summed E-state index contributed by atoms with van der Waals surface area (Å²) in [5.74, 6) is -1.55. The Bertz CT molecular complexity index is 845. The molecule has 0 bridgehead atoms. The van der Waals surface area contributed by atoms with Crippen LogP contribution in [0.3, 0.4) is 0 Å². The van der Waals surface area contributed by atoms with Crippen LogP contribution in [0, 0.1) is 0 Å². The number of nitrogens with one attached hydrogen (secondary N) is 1. The Morgan fingerprint density at radius 3 is 2.58 bits per heavy atom. The molecule has 1 heterocycles. The van der Waals surface area contributed by atoms with E-state index in [1.807, 2.05) is 0 Å². The minimum absolute atomic E-state index is 0.159. The number of benzene rings is 1. The number of hydrogen-bond acceptors (Lipinski definition) is 7. The first-order valence-electron chi connectivity index (χ1n) is 7.58. The minimum atomic E-state index is -1.32. The predicted molar refractivity (Wildman–Crippen MR) is 98.0 cm³/mol. The molecular weight excluding hydrogens is 378 g/mol. The normalized spacial score (nSPS) is 11.5. The summed E-state index contributed by atoms with van der Waals surface area (Å²) in [7, 11) is -0.0806. The summed E-state index contributed by atoms with van der Waals surface area (Å²) in [4.78, 5) is 36.4. The summed E-state index contributed by atoms with van der Waals surface area (Å²) < 4.78 is 21.6. The van der Waals surface area contributed by atoms with Gasteiger partial charge in [-0.2, -0.15) is 0 Å². The molecule has 1 aromatic heterocycles. The molecule has 1 unspecified atom stereocenters. The average molecular weight is 395 g/mol. The summed E-state index contributed by atoms with van der Waals surface area (Å²) in [6.45, 7) is 1.20. The van der Waals surface area contributed by atoms with E-state index in [1.165, 1.54) is 13.2 Å². The molecule has 0 aliphatic rings. The van der Waals surface area contributed by atoms with Crippen molar-refractivity contribution in [3.63, 3.8) is 0 Å². The maximum Gasteiger partial charge on any atom is 0.350 e. The highest BCUT2D eigenvalue weighted by atomic mass is 32.2.